The van der Waals surface area contributed by atoms with Crippen molar-refractivity contribution in [3.05, 3.63) is 109 Å². The Balaban J connectivity index is 3.58. The van der Waals surface area contributed by atoms with Crippen LogP contribution in [0.4, 0.5) is 0 Å². The minimum Gasteiger partial charge on any atom is -0.394 e. The van der Waals surface area contributed by atoms with Crippen molar-refractivity contribution in [3.8, 4) is 0 Å². The smallest absolute Gasteiger partial charge is 0.220 e. The van der Waals surface area contributed by atoms with Crippen LogP contribution in [0.2, 0.25) is 0 Å². The Bertz CT molecular complexity index is 1360. The fourth-order valence-electron chi connectivity index (χ4n) is 9.06. The van der Waals surface area contributed by atoms with Crippen molar-refractivity contribution < 1.29 is 15.0 Å². The van der Waals surface area contributed by atoms with Crippen molar-refractivity contribution in [1.29, 1.82) is 0 Å². The Morgan fingerprint density at radius 3 is 0.972 bits per heavy atom. The van der Waals surface area contributed by atoms with Crippen molar-refractivity contribution in [3.63, 3.8) is 0 Å². The number of aliphatic hydroxyl groups excluding tert-OH is 2. The van der Waals surface area contributed by atoms with Gasteiger partial charge in [0, 0.05) is 6.42 Å². The quantitative estimate of drug-likeness (QED) is 0.0420. The maximum Gasteiger partial charge on any atom is 0.220 e. The van der Waals surface area contributed by atoms with Gasteiger partial charge >= 0.3 is 0 Å². The lowest BCUT2D eigenvalue weighted by Gasteiger charge is -2.19. The van der Waals surface area contributed by atoms with Crippen molar-refractivity contribution in [2.75, 3.05) is 6.61 Å². The summed E-state index contributed by atoms with van der Waals surface area (Å²) >= 11 is 0. The molecule has 1 amide bonds. The van der Waals surface area contributed by atoms with Gasteiger partial charge in [-0.05, 0) is 89.9 Å². The number of aliphatic hydroxyl groups is 2. The van der Waals surface area contributed by atoms with Crippen LogP contribution in [0.25, 0.3) is 0 Å². The molecule has 2 atom stereocenters. The highest BCUT2D eigenvalue weighted by molar-refractivity contribution is 5.76. The van der Waals surface area contributed by atoms with E-state index in [1.165, 1.54) is 193 Å². The molecular formula is C68H119NO3. The number of nitrogens with one attached hydrogen (secondary N) is 1. The fraction of sp³-hybridized carbons (Fsp3) is 0.721. The molecule has 414 valence electrons. The summed E-state index contributed by atoms with van der Waals surface area (Å²) in [5.41, 5.74) is 0. The van der Waals surface area contributed by atoms with E-state index in [1.54, 1.807) is 6.08 Å². The summed E-state index contributed by atoms with van der Waals surface area (Å²) in [5.74, 6) is -0.0820. The third kappa shape index (κ3) is 57.9. The molecule has 0 rings (SSSR count). The molecule has 0 aliphatic heterocycles. The Kier molecular flexibility index (Phi) is 59.8. The Hall–Kier alpha value is -2.95. The van der Waals surface area contributed by atoms with Crippen molar-refractivity contribution in [1.82, 2.24) is 5.32 Å². The fourth-order valence-corrected chi connectivity index (χ4v) is 9.06. The number of amides is 1. The van der Waals surface area contributed by atoms with E-state index >= 15 is 0 Å². The molecule has 2 unspecified atom stereocenters. The standard InChI is InChI=1S/C68H119NO3/c1-3-5-7-9-11-13-15-17-19-21-23-25-27-29-31-33-34-36-38-40-42-44-46-48-50-52-54-56-58-60-62-64-68(72)69-66(65-70)67(71)63-61-59-57-55-53-51-49-47-45-43-41-39-37-35-32-30-28-26-24-22-20-18-16-14-12-10-8-6-4-2/h5,7,11,13,17,19,23,25,29,31,34,36,40,42,53,55,61,63,66-67,70-71H,3-4,6,8-10,12,14-16,18,20-22,24,26-28,30,32-33,35,37-39,41,43-52,54,56-60,62,64-65H2,1-2H3,(H,69,72)/b7-5-,13-11-,19-17-,25-23-,31-29-,36-34-,42-40-,55-53+,63-61+. The van der Waals surface area contributed by atoms with E-state index in [-0.39, 0.29) is 12.5 Å². The number of rotatable bonds is 56. The van der Waals surface area contributed by atoms with Gasteiger partial charge in [0.1, 0.15) is 0 Å². The van der Waals surface area contributed by atoms with Crippen LogP contribution in [0.15, 0.2) is 109 Å². The minimum absolute atomic E-state index is 0.0820. The van der Waals surface area contributed by atoms with E-state index in [2.05, 4.69) is 116 Å². The zero-order valence-electron chi connectivity index (χ0n) is 47.7. The highest BCUT2D eigenvalue weighted by Crippen LogP contribution is 2.17. The average molecular weight is 999 g/mol. The second-order valence-electron chi connectivity index (χ2n) is 20.7. The van der Waals surface area contributed by atoms with E-state index in [4.69, 9.17) is 0 Å². The zero-order chi connectivity index (χ0) is 52.0. The summed E-state index contributed by atoms with van der Waals surface area (Å²) in [6.45, 7) is 4.20. The largest absolute Gasteiger partial charge is 0.394 e. The molecule has 0 saturated carbocycles. The first-order chi connectivity index (χ1) is 35.7. The molecule has 3 N–H and O–H groups in total. The van der Waals surface area contributed by atoms with Crippen LogP contribution in [0.3, 0.4) is 0 Å². The number of hydrogen-bond donors (Lipinski definition) is 3. The molecule has 0 aromatic heterocycles. The lowest BCUT2D eigenvalue weighted by molar-refractivity contribution is -0.123. The Morgan fingerprint density at radius 2 is 0.625 bits per heavy atom. The van der Waals surface area contributed by atoms with Crippen LogP contribution in [0, 0.1) is 0 Å². The summed E-state index contributed by atoms with van der Waals surface area (Å²) in [4.78, 5) is 12.5. The number of allylic oxidation sites excluding steroid dienone is 17. The van der Waals surface area contributed by atoms with Gasteiger partial charge in [0.25, 0.3) is 0 Å². The lowest BCUT2D eigenvalue weighted by atomic mass is 10.0. The molecule has 0 aromatic rings. The van der Waals surface area contributed by atoms with Crippen LogP contribution in [0.5, 0.6) is 0 Å². The first kappa shape index (κ1) is 69.0. The number of unbranched alkanes of at least 4 members (excludes halogenated alkanes) is 33. The molecule has 0 aliphatic rings. The molecule has 0 spiro atoms. The predicted octanol–water partition coefficient (Wildman–Crippen LogP) is 21.0. The van der Waals surface area contributed by atoms with Crippen LogP contribution in [-0.2, 0) is 4.79 Å². The summed E-state index contributed by atoms with van der Waals surface area (Å²) < 4.78 is 0. The summed E-state index contributed by atoms with van der Waals surface area (Å²) in [6.07, 6.45) is 94.2. The van der Waals surface area contributed by atoms with Gasteiger partial charge in [-0.15, -0.1) is 0 Å². The van der Waals surface area contributed by atoms with Gasteiger partial charge in [-0.3, -0.25) is 4.79 Å². The summed E-state index contributed by atoms with van der Waals surface area (Å²) in [7, 11) is 0. The Labute approximate surface area is 448 Å². The minimum atomic E-state index is -0.874. The molecule has 0 heterocycles. The third-order valence-electron chi connectivity index (χ3n) is 13.7. The topological polar surface area (TPSA) is 69.6 Å². The predicted molar refractivity (Wildman–Crippen MR) is 322 cm³/mol. The third-order valence-corrected chi connectivity index (χ3v) is 13.7. The maximum atomic E-state index is 12.5. The van der Waals surface area contributed by atoms with Gasteiger partial charge in [0.15, 0.2) is 0 Å². The van der Waals surface area contributed by atoms with Crippen molar-refractivity contribution in [2.45, 2.75) is 309 Å². The summed E-state index contributed by atoms with van der Waals surface area (Å²) in [6, 6.07) is -0.652. The van der Waals surface area contributed by atoms with Crippen molar-refractivity contribution >= 4 is 5.91 Å². The van der Waals surface area contributed by atoms with Crippen LogP contribution in [-0.4, -0.2) is 34.9 Å². The molecule has 4 nitrogen and oxygen atoms in total. The van der Waals surface area contributed by atoms with Crippen LogP contribution in [0.1, 0.15) is 296 Å². The molecule has 0 fully saturated rings. The SMILES string of the molecule is CC/C=C\C/C=C\C/C=C\C/C=C\C/C=C\C/C=C\C/C=C\CCCCCCCCCCCC(=O)NC(CO)C(O)/C=C/CC/C=C/CCCCCCCCCCCCCCCCCCCCCCCCC. The molecule has 4 heteroatoms. The molecule has 0 aliphatic carbocycles. The second kappa shape index (κ2) is 62.3. The Morgan fingerprint density at radius 1 is 0.347 bits per heavy atom. The van der Waals surface area contributed by atoms with Gasteiger partial charge in [0.05, 0.1) is 18.8 Å². The van der Waals surface area contributed by atoms with E-state index in [1.807, 2.05) is 6.08 Å². The summed E-state index contributed by atoms with van der Waals surface area (Å²) in [5, 5.41) is 23.2. The lowest BCUT2D eigenvalue weighted by Crippen LogP contribution is -2.45. The number of carbonyl (C=O) groups is 1. The van der Waals surface area contributed by atoms with Gasteiger partial charge in [-0.2, -0.15) is 0 Å². The number of carbonyl (C=O) groups excluding carboxylic acids is 1. The van der Waals surface area contributed by atoms with E-state index in [9.17, 15) is 15.0 Å². The zero-order valence-corrected chi connectivity index (χ0v) is 47.7. The molecule has 0 radical (unpaired) electrons. The van der Waals surface area contributed by atoms with Gasteiger partial charge in [0.2, 0.25) is 5.91 Å². The van der Waals surface area contributed by atoms with Gasteiger partial charge in [-0.1, -0.05) is 309 Å². The monoisotopic (exact) mass is 998 g/mol. The highest BCUT2D eigenvalue weighted by atomic mass is 16.3. The molecule has 0 aromatic carbocycles. The van der Waals surface area contributed by atoms with E-state index in [0.29, 0.717) is 6.42 Å². The second-order valence-corrected chi connectivity index (χ2v) is 20.7. The molecule has 0 saturated heterocycles. The van der Waals surface area contributed by atoms with E-state index < -0.39 is 12.1 Å². The molecular weight excluding hydrogens is 879 g/mol. The average Bonchev–Trinajstić information content (AvgIpc) is 3.39. The number of hydrogen-bond acceptors (Lipinski definition) is 3. The van der Waals surface area contributed by atoms with Gasteiger partial charge in [-0.25, -0.2) is 0 Å². The van der Waals surface area contributed by atoms with Crippen molar-refractivity contribution in [2.24, 2.45) is 0 Å². The maximum absolute atomic E-state index is 12.5. The first-order valence-corrected chi connectivity index (χ1v) is 31.1. The highest BCUT2D eigenvalue weighted by Gasteiger charge is 2.18. The van der Waals surface area contributed by atoms with E-state index in [0.717, 1.165) is 83.5 Å². The van der Waals surface area contributed by atoms with Crippen LogP contribution < -0.4 is 5.32 Å². The van der Waals surface area contributed by atoms with Gasteiger partial charge < -0.3 is 15.5 Å². The molecule has 72 heavy (non-hydrogen) atoms. The first-order valence-electron chi connectivity index (χ1n) is 31.1. The van der Waals surface area contributed by atoms with Crippen LogP contribution >= 0.6 is 0 Å². The normalized spacial score (nSPS) is 13.6. The molecule has 0 bridgehead atoms.